The van der Waals surface area contributed by atoms with Crippen LogP contribution in [0.15, 0.2) is 29.4 Å². The second kappa shape index (κ2) is 6.99. The number of nitrogens with zero attached hydrogens (tertiary/aromatic N) is 3. The highest BCUT2D eigenvalue weighted by atomic mass is 32.2. The largest absolute Gasteiger partial charge is 0.481 e. The van der Waals surface area contributed by atoms with Gasteiger partial charge in [0.05, 0.1) is 16.3 Å². The highest BCUT2D eigenvalue weighted by Gasteiger charge is 2.27. The summed E-state index contributed by atoms with van der Waals surface area (Å²) in [5, 5.41) is 11.9. The van der Waals surface area contributed by atoms with Gasteiger partial charge in [0.1, 0.15) is 12.1 Å². The third kappa shape index (κ3) is 3.50. The minimum Gasteiger partial charge on any atom is -0.481 e. The summed E-state index contributed by atoms with van der Waals surface area (Å²) in [6, 6.07) is 5.56. The van der Waals surface area contributed by atoms with E-state index >= 15 is 0 Å². The fraction of sp³-hybridized carbons (Fsp3) is 0.278. The fourth-order valence-corrected chi connectivity index (χ4v) is 4.00. The topological polar surface area (TPSA) is 112 Å². The lowest BCUT2D eigenvalue weighted by Crippen LogP contribution is -2.36. The van der Waals surface area contributed by atoms with Gasteiger partial charge in [-0.1, -0.05) is 6.07 Å². The van der Waals surface area contributed by atoms with Crippen LogP contribution in [0.5, 0.6) is 0 Å². The Morgan fingerprint density at radius 2 is 2.04 bits per heavy atom. The number of fused-ring (bicyclic) bond motifs is 1. The molecule has 138 valence electrons. The highest BCUT2D eigenvalue weighted by molar-refractivity contribution is 8.18. The second-order valence-electron chi connectivity index (χ2n) is 6.43. The third-order valence-electron chi connectivity index (χ3n) is 4.72. The van der Waals surface area contributed by atoms with Crippen LogP contribution in [-0.4, -0.2) is 45.3 Å². The predicted octanol–water partition coefficient (Wildman–Crippen LogP) is 2.25. The summed E-state index contributed by atoms with van der Waals surface area (Å²) >= 11 is 0.873. The molecule has 0 spiro atoms. The average Bonchev–Trinajstić information content (AvgIpc) is 2.98. The van der Waals surface area contributed by atoms with E-state index in [2.05, 4.69) is 20.2 Å². The quantitative estimate of drug-likeness (QED) is 0.775. The van der Waals surface area contributed by atoms with Gasteiger partial charge in [-0.3, -0.25) is 19.7 Å². The lowest BCUT2D eigenvalue weighted by molar-refractivity contribution is -0.142. The number of carboxylic acid groups (broad SMARTS) is 1. The number of carbonyl (C=O) groups is 3. The number of anilines is 1. The van der Waals surface area contributed by atoms with Crippen molar-refractivity contribution in [2.75, 3.05) is 18.0 Å². The van der Waals surface area contributed by atoms with Crippen molar-refractivity contribution in [2.24, 2.45) is 5.92 Å². The second-order valence-corrected chi connectivity index (χ2v) is 7.44. The Bertz CT molecular complexity index is 982. The summed E-state index contributed by atoms with van der Waals surface area (Å²) in [6.07, 6.45) is 4.31. The van der Waals surface area contributed by atoms with Crippen LogP contribution in [0.2, 0.25) is 0 Å². The number of nitrogens with one attached hydrogen (secondary N) is 1. The Morgan fingerprint density at radius 1 is 1.26 bits per heavy atom. The van der Waals surface area contributed by atoms with Crippen molar-refractivity contribution in [1.82, 2.24) is 15.3 Å². The molecule has 2 N–H and O–H groups in total. The number of aliphatic carboxylic acids is 1. The molecule has 2 aromatic rings. The molecule has 4 rings (SSSR count). The molecule has 0 aliphatic carbocycles. The zero-order valence-electron chi connectivity index (χ0n) is 14.2. The molecule has 8 nitrogen and oxygen atoms in total. The Kier molecular flexibility index (Phi) is 4.53. The predicted molar refractivity (Wildman–Crippen MR) is 101 cm³/mol. The first kappa shape index (κ1) is 17.5. The van der Waals surface area contributed by atoms with E-state index in [0.717, 1.165) is 34.0 Å². The molecule has 1 aromatic carbocycles. The molecule has 0 unspecified atom stereocenters. The first-order valence-electron chi connectivity index (χ1n) is 8.48. The number of carbonyl (C=O) groups excluding carboxylic acids is 2. The van der Waals surface area contributed by atoms with Crippen LogP contribution in [-0.2, 0) is 9.59 Å². The Hall–Kier alpha value is -2.94. The minimum absolute atomic E-state index is 0.315. The van der Waals surface area contributed by atoms with Crippen LogP contribution < -0.4 is 10.2 Å². The number of piperidine rings is 1. The summed E-state index contributed by atoms with van der Waals surface area (Å²) < 4.78 is 0. The number of aromatic nitrogens is 2. The molecule has 0 radical (unpaired) electrons. The zero-order chi connectivity index (χ0) is 19.0. The van der Waals surface area contributed by atoms with Crippen molar-refractivity contribution in [3.05, 3.63) is 35.0 Å². The van der Waals surface area contributed by atoms with E-state index in [0.29, 0.717) is 30.8 Å². The number of amides is 2. The van der Waals surface area contributed by atoms with E-state index in [1.807, 2.05) is 18.2 Å². The van der Waals surface area contributed by atoms with Crippen LogP contribution in [0.3, 0.4) is 0 Å². The Morgan fingerprint density at radius 3 is 2.70 bits per heavy atom. The molecule has 0 bridgehead atoms. The van der Waals surface area contributed by atoms with Gasteiger partial charge in [-0.2, -0.15) is 0 Å². The van der Waals surface area contributed by atoms with Gasteiger partial charge in [0.25, 0.3) is 11.1 Å². The molecule has 2 fully saturated rings. The van der Waals surface area contributed by atoms with Crippen LogP contribution in [0.25, 0.3) is 17.0 Å². The molecular weight excluding hydrogens is 368 g/mol. The maximum atomic E-state index is 11.8. The number of imide groups is 1. The van der Waals surface area contributed by atoms with E-state index in [1.165, 1.54) is 6.33 Å². The van der Waals surface area contributed by atoms with E-state index in [9.17, 15) is 14.4 Å². The van der Waals surface area contributed by atoms with E-state index in [-0.39, 0.29) is 11.2 Å². The monoisotopic (exact) mass is 384 g/mol. The molecule has 2 saturated heterocycles. The smallest absolute Gasteiger partial charge is 0.306 e. The van der Waals surface area contributed by atoms with Crippen molar-refractivity contribution in [3.63, 3.8) is 0 Å². The van der Waals surface area contributed by atoms with Gasteiger partial charge in [-0.15, -0.1) is 0 Å². The van der Waals surface area contributed by atoms with Gasteiger partial charge in [0.15, 0.2) is 0 Å². The molecule has 2 aliphatic rings. The van der Waals surface area contributed by atoms with Gasteiger partial charge in [-0.05, 0) is 48.4 Å². The number of thioether (sulfide) groups is 1. The van der Waals surface area contributed by atoms with Crippen LogP contribution in [0.4, 0.5) is 10.6 Å². The lowest BCUT2D eigenvalue weighted by Gasteiger charge is -2.31. The molecule has 1 aromatic heterocycles. The number of carboxylic acids is 1. The number of rotatable bonds is 3. The zero-order valence-corrected chi connectivity index (χ0v) is 15.0. The summed E-state index contributed by atoms with van der Waals surface area (Å²) in [5.41, 5.74) is 1.54. The van der Waals surface area contributed by atoms with Crippen LogP contribution in [0.1, 0.15) is 18.4 Å². The standard InChI is InChI=1S/C18H16N4O4S/c23-16-14(27-18(26)21-16)8-10-1-2-13-12(7-10)15(20-9-19-13)22-5-3-11(4-6-22)17(24)25/h1-2,7-9,11H,3-6H2,(H,24,25)(H,21,23,26)/b14-8-. The van der Waals surface area contributed by atoms with E-state index in [1.54, 1.807) is 6.08 Å². The van der Waals surface area contributed by atoms with Crippen molar-refractivity contribution < 1.29 is 19.5 Å². The lowest BCUT2D eigenvalue weighted by atomic mass is 9.97. The average molecular weight is 384 g/mol. The summed E-state index contributed by atoms with van der Waals surface area (Å²) in [4.78, 5) is 45.3. The molecule has 9 heteroatoms. The molecule has 3 heterocycles. The maximum absolute atomic E-state index is 11.8. The van der Waals surface area contributed by atoms with Crippen molar-refractivity contribution in [1.29, 1.82) is 0 Å². The molecule has 27 heavy (non-hydrogen) atoms. The molecular formula is C18H16N4O4S. The SMILES string of the molecule is O=C1NC(=O)/C(=C/c2ccc3ncnc(N4CCC(C(=O)O)CC4)c3c2)S1. The van der Waals surface area contributed by atoms with Gasteiger partial charge in [0.2, 0.25) is 0 Å². The number of hydrogen-bond acceptors (Lipinski definition) is 7. The Balaban J connectivity index is 1.66. The van der Waals surface area contributed by atoms with Gasteiger partial charge in [0, 0.05) is 18.5 Å². The fourth-order valence-electron chi connectivity index (χ4n) is 3.31. The number of hydrogen-bond donors (Lipinski definition) is 2. The Labute approximate surface area is 158 Å². The summed E-state index contributed by atoms with van der Waals surface area (Å²) in [6.45, 7) is 1.22. The first-order valence-corrected chi connectivity index (χ1v) is 9.30. The molecule has 2 aliphatic heterocycles. The highest BCUT2D eigenvalue weighted by Crippen LogP contribution is 2.30. The normalized spacial score (nSPS) is 19.7. The number of benzene rings is 1. The van der Waals surface area contributed by atoms with Crippen LogP contribution in [0, 0.1) is 5.92 Å². The summed E-state index contributed by atoms with van der Waals surface area (Å²) in [5.74, 6) is -0.711. The maximum Gasteiger partial charge on any atom is 0.306 e. The molecule has 0 saturated carbocycles. The van der Waals surface area contributed by atoms with Crippen molar-refractivity contribution in [3.8, 4) is 0 Å². The first-order chi connectivity index (χ1) is 13.0. The van der Waals surface area contributed by atoms with Gasteiger partial charge >= 0.3 is 5.97 Å². The minimum atomic E-state index is -0.752. The van der Waals surface area contributed by atoms with Crippen LogP contribution >= 0.6 is 11.8 Å². The van der Waals surface area contributed by atoms with Gasteiger partial charge in [-0.25, -0.2) is 9.97 Å². The van der Waals surface area contributed by atoms with Crippen molar-refractivity contribution in [2.45, 2.75) is 12.8 Å². The van der Waals surface area contributed by atoms with Gasteiger partial charge < -0.3 is 10.0 Å². The van der Waals surface area contributed by atoms with E-state index < -0.39 is 11.9 Å². The van der Waals surface area contributed by atoms with Crippen molar-refractivity contribution >= 4 is 51.7 Å². The molecule has 2 amide bonds. The summed E-state index contributed by atoms with van der Waals surface area (Å²) in [7, 11) is 0. The molecule has 0 atom stereocenters. The third-order valence-corrected chi connectivity index (χ3v) is 5.53. The van der Waals surface area contributed by atoms with E-state index in [4.69, 9.17) is 5.11 Å².